The lowest BCUT2D eigenvalue weighted by Crippen LogP contribution is -2.29. The van der Waals surface area contributed by atoms with Gasteiger partial charge in [0.15, 0.2) is 6.61 Å². The van der Waals surface area contributed by atoms with Crippen molar-refractivity contribution in [2.24, 2.45) is 5.14 Å². The van der Waals surface area contributed by atoms with Crippen LogP contribution in [0.1, 0.15) is 31.2 Å². The van der Waals surface area contributed by atoms with E-state index < -0.39 is 21.9 Å². The maximum Gasteiger partial charge on any atom is 0.303 e. The fourth-order valence-electron chi connectivity index (χ4n) is 3.36. The second kappa shape index (κ2) is 12.8. The van der Waals surface area contributed by atoms with E-state index in [4.69, 9.17) is 27.2 Å². The molecule has 0 saturated carbocycles. The van der Waals surface area contributed by atoms with E-state index in [1.54, 1.807) is 30.3 Å². The molecule has 0 aromatic heterocycles. The molecule has 0 atom stereocenters. The minimum absolute atomic E-state index is 0.0701. The molecular formula is C24H25N3O7S3. The van der Waals surface area contributed by atoms with E-state index in [0.717, 1.165) is 0 Å². The van der Waals surface area contributed by atoms with Gasteiger partial charge in [-0.1, -0.05) is 48.6 Å². The van der Waals surface area contributed by atoms with Crippen molar-refractivity contribution in [3.8, 4) is 5.75 Å². The van der Waals surface area contributed by atoms with Crippen LogP contribution in [0.3, 0.4) is 0 Å². The summed E-state index contributed by atoms with van der Waals surface area (Å²) in [5.74, 6) is -1.15. The summed E-state index contributed by atoms with van der Waals surface area (Å²) in [7, 11) is -3.83. The molecule has 4 N–H and O–H groups in total. The monoisotopic (exact) mass is 563 g/mol. The number of carbonyl (C=O) groups is 3. The van der Waals surface area contributed by atoms with E-state index in [1.807, 2.05) is 0 Å². The SMILES string of the molecule is NS(=O)(=O)c1ccc(NC(=O)COc2ccccc2/C=C2\SC(=S)N(CCCCCC(=O)O)C2=O)cc1. The Bertz CT molecular complexity index is 1330. The van der Waals surface area contributed by atoms with Crippen LogP contribution in [0.5, 0.6) is 5.75 Å². The Kier molecular flexibility index (Phi) is 9.80. The van der Waals surface area contributed by atoms with Crippen LogP contribution in [0, 0.1) is 0 Å². The highest BCUT2D eigenvalue weighted by Gasteiger charge is 2.31. The van der Waals surface area contributed by atoms with Gasteiger partial charge in [-0.15, -0.1) is 0 Å². The molecule has 2 aromatic rings. The van der Waals surface area contributed by atoms with Crippen molar-refractivity contribution in [2.75, 3.05) is 18.5 Å². The number of nitrogens with two attached hydrogens (primary N) is 1. The average molecular weight is 564 g/mol. The summed E-state index contributed by atoms with van der Waals surface area (Å²) in [5.41, 5.74) is 0.968. The molecule has 1 saturated heterocycles. The lowest BCUT2D eigenvalue weighted by atomic mass is 10.1. The van der Waals surface area contributed by atoms with E-state index >= 15 is 0 Å². The number of carbonyl (C=O) groups excluding carboxylic acids is 2. The Balaban J connectivity index is 1.59. The summed E-state index contributed by atoms with van der Waals surface area (Å²) < 4.78 is 28.8. The van der Waals surface area contributed by atoms with Crippen LogP contribution < -0.4 is 15.2 Å². The van der Waals surface area contributed by atoms with Gasteiger partial charge in [-0.2, -0.15) is 0 Å². The molecule has 2 aromatic carbocycles. The number of hydrogen-bond donors (Lipinski definition) is 3. The van der Waals surface area contributed by atoms with E-state index in [0.29, 0.717) is 52.0 Å². The average Bonchev–Trinajstić information content (AvgIpc) is 3.10. The smallest absolute Gasteiger partial charge is 0.303 e. The summed E-state index contributed by atoms with van der Waals surface area (Å²) in [6.07, 6.45) is 3.62. The van der Waals surface area contributed by atoms with Crippen LogP contribution in [0.25, 0.3) is 6.08 Å². The maximum absolute atomic E-state index is 12.9. The first-order chi connectivity index (χ1) is 17.5. The number of ether oxygens (including phenoxy) is 1. The van der Waals surface area contributed by atoms with Gasteiger partial charge >= 0.3 is 5.97 Å². The number of carboxylic acid groups (broad SMARTS) is 1. The molecule has 0 spiro atoms. The minimum Gasteiger partial charge on any atom is -0.483 e. The molecule has 37 heavy (non-hydrogen) atoms. The normalized spacial score (nSPS) is 14.7. The number of nitrogens with one attached hydrogen (secondary N) is 1. The van der Waals surface area contributed by atoms with E-state index in [2.05, 4.69) is 5.32 Å². The highest BCUT2D eigenvalue weighted by molar-refractivity contribution is 8.26. The van der Waals surface area contributed by atoms with Gasteiger partial charge in [0.2, 0.25) is 10.0 Å². The minimum atomic E-state index is -3.83. The fourth-order valence-corrected chi connectivity index (χ4v) is 5.17. The van der Waals surface area contributed by atoms with Crippen molar-refractivity contribution in [1.29, 1.82) is 0 Å². The number of thioether (sulfide) groups is 1. The van der Waals surface area contributed by atoms with E-state index in [1.165, 1.54) is 40.9 Å². The van der Waals surface area contributed by atoms with Gasteiger partial charge in [-0.3, -0.25) is 19.3 Å². The number of primary sulfonamides is 1. The number of sulfonamides is 1. The number of para-hydroxylation sites is 1. The van der Waals surface area contributed by atoms with Gasteiger partial charge in [0.05, 0.1) is 9.80 Å². The number of amides is 2. The third-order valence-electron chi connectivity index (χ3n) is 5.18. The molecule has 0 radical (unpaired) electrons. The number of carboxylic acids is 1. The molecule has 0 unspecified atom stereocenters. The number of unbranched alkanes of at least 4 members (excludes halogenated alkanes) is 2. The molecule has 1 aliphatic rings. The molecular weight excluding hydrogens is 538 g/mol. The van der Waals surface area contributed by atoms with Crippen molar-refractivity contribution in [2.45, 2.75) is 30.6 Å². The summed E-state index contributed by atoms with van der Waals surface area (Å²) in [6.45, 7) is 0.0945. The van der Waals surface area contributed by atoms with Crippen LogP contribution in [0.15, 0.2) is 58.3 Å². The molecule has 1 aliphatic heterocycles. The zero-order valence-corrected chi connectivity index (χ0v) is 22.0. The summed E-state index contributed by atoms with van der Waals surface area (Å²) >= 11 is 6.52. The Morgan fingerprint density at radius 3 is 2.49 bits per heavy atom. The molecule has 0 aliphatic carbocycles. The van der Waals surface area contributed by atoms with Gasteiger partial charge < -0.3 is 15.2 Å². The molecule has 3 rings (SSSR count). The number of hydrogen-bond acceptors (Lipinski definition) is 8. The third-order valence-corrected chi connectivity index (χ3v) is 7.48. The van der Waals surface area contributed by atoms with Crippen molar-refractivity contribution in [3.63, 3.8) is 0 Å². The maximum atomic E-state index is 12.9. The second-order valence-electron chi connectivity index (χ2n) is 7.98. The van der Waals surface area contributed by atoms with Gasteiger partial charge in [-0.25, -0.2) is 13.6 Å². The number of aliphatic carboxylic acids is 1. The largest absolute Gasteiger partial charge is 0.483 e. The zero-order valence-electron chi connectivity index (χ0n) is 19.6. The Labute approximate surface area is 223 Å². The van der Waals surface area contributed by atoms with Crippen LogP contribution >= 0.6 is 24.0 Å². The topological polar surface area (TPSA) is 156 Å². The standard InChI is InChI=1S/C24H25N3O7S3/c25-37(32,33)18-11-9-17(10-12-18)26-21(28)15-34-19-7-4-3-6-16(19)14-20-23(31)27(24(35)36-20)13-5-1-2-8-22(29)30/h3-4,6-7,9-12,14H,1-2,5,8,13,15H2,(H,26,28)(H,29,30)(H2,25,32,33)/b20-14-. The molecule has 10 nitrogen and oxygen atoms in total. The first-order valence-corrected chi connectivity index (χ1v) is 13.9. The third kappa shape index (κ3) is 8.39. The molecule has 13 heteroatoms. The zero-order chi connectivity index (χ0) is 27.0. The van der Waals surface area contributed by atoms with Gasteiger partial charge in [0, 0.05) is 24.2 Å². The Morgan fingerprint density at radius 2 is 1.81 bits per heavy atom. The quantitative estimate of drug-likeness (QED) is 0.200. The van der Waals surface area contributed by atoms with Gasteiger partial charge in [0.1, 0.15) is 10.1 Å². The lowest BCUT2D eigenvalue weighted by Gasteiger charge is -2.14. The van der Waals surface area contributed by atoms with Crippen LogP contribution in [0.4, 0.5) is 5.69 Å². The summed E-state index contributed by atoms with van der Waals surface area (Å²) in [6, 6.07) is 12.3. The van der Waals surface area contributed by atoms with Crippen molar-refractivity contribution >= 4 is 67.9 Å². The molecule has 1 heterocycles. The highest BCUT2D eigenvalue weighted by atomic mass is 32.2. The number of thiocarbonyl (C=S) groups is 1. The number of benzene rings is 2. The molecule has 0 bridgehead atoms. The Hall–Kier alpha value is -3.26. The Morgan fingerprint density at radius 1 is 1.11 bits per heavy atom. The predicted molar refractivity (Wildman–Crippen MR) is 144 cm³/mol. The van der Waals surface area contributed by atoms with Crippen LogP contribution in [-0.4, -0.2) is 53.7 Å². The van der Waals surface area contributed by atoms with Crippen LogP contribution in [0.2, 0.25) is 0 Å². The van der Waals surface area contributed by atoms with Gasteiger partial charge in [-0.05, 0) is 49.2 Å². The van der Waals surface area contributed by atoms with Crippen molar-refractivity contribution < 1.29 is 32.6 Å². The summed E-state index contributed by atoms with van der Waals surface area (Å²) in [5, 5.41) is 16.4. The van der Waals surface area contributed by atoms with Gasteiger partial charge in [0.25, 0.3) is 11.8 Å². The molecule has 1 fully saturated rings. The number of nitrogens with zero attached hydrogens (tertiary/aromatic N) is 1. The summed E-state index contributed by atoms with van der Waals surface area (Å²) in [4.78, 5) is 37.7. The predicted octanol–water partition coefficient (Wildman–Crippen LogP) is 3.20. The van der Waals surface area contributed by atoms with E-state index in [9.17, 15) is 22.8 Å². The number of anilines is 1. The first kappa shape index (κ1) is 28.3. The lowest BCUT2D eigenvalue weighted by molar-refractivity contribution is -0.137. The number of rotatable bonds is 12. The molecule has 196 valence electrons. The van der Waals surface area contributed by atoms with E-state index in [-0.39, 0.29) is 23.8 Å². The molecule has 2 amide bonds. The van der Waals surface area contributed by atoms with Crippen molar-refractivity contribution in [3.05, 3.63) is 59.0 Å². The second-order valence-corrected chi connectivity index (χ2v) is 11.2. The van der Waals surface area contributed by atoms with Crippen molar-refractivity contribution in [1.82, 2.24) is 4.90 Å². The highest BCUT2D eigenvalue weighted by Crippen LogP contribution is 2.34. The fraction of sp³-hybridized carbons (Fsp3) is 0.250. The first-order valence-electron chi connectivity index (χ1n) is 11.2. The van der Waals surface area contributed by atoms with Crippen LogP contribution in [-0.2, 0) is 24.4 Å².